The molecule has 168 valence electrons. The Bertz CT molecular complexity index is 1280. The number of halogens is 1. The number of aromatic nitrogens is 3. The molecule has 0 unspecified atom stereocenters. The molecule has 0 spiro atoms. The molecule has 4 aromatic rings. The van der Waals surface area contributed by atoms with Gasteiger partial charge in [-0.2, -0.15) is 4.98 Å². The number of rotatable bonds is 6. The molecule has 0 atom stereocenters. The van der Waals surface area contributed by atoms with Crippen LogP contribution in [-0.2, 0) is 4.74 Å². The van der Waals surface area contributed by atoms with Crippen molar-refractivity contribution in [2.75, 3.05) is 48.9 Å². The molecule has 0 radical (unpaired) electrons. The van der Waals surface area contributed by atoms with Gasteiger partial charge in [-0.1, -0.05) is 11.6 Å². The van der Waals surface area contributed by atoms with Crippen molar-refractivity contribution in [1.29, 1.82) is 0 Å². The van der Waals surface area contributed by atoms with Gasteiger partial charge in [0.2, 0.25) is 5.95 Å². The highest BCUT2D eigenvalue weighted by Crippen LogP contribution is 2.32. The number of ether oxygens (including phenoxy) is 2. The fourth-order valence-electron chi connectivity index (χ4n) is 3.76. The van der Waals surface area contributed by atoms with Crippen molar-refractivity contribution in [3.05, 3.63) is 65.9 Å². The minimum atomic E-state index is 0.470. The van der Waals surface area contributed by atoms with Crippen LogP contribution in [0.2, 0.25) is 5.02 Å². The summed E-state index contributed by atoms with van der Waals surface area (Å²) in [6.45, 7) is 3.12. The van der Waals surface area contributed by atoms with Crippen LogP contribution in [0.3, 0.4) is 0 Å². The van der Waals surface area contributed by atoms with Crippen LogP contribution in [-0.4, -0.2) is 48.4 Å². The number of nitrogens with one attached hydrogen (secondary N) is 2. The standard InChI is InChI=1S/C24H23ClN6O2/c1-32-22-14-18(3-5-21(22)31-8-10-33-11-9-31)29-24-26-7-6-23(30-24)28-19-13-16-12-17(25)2-4-20(16)27-15-19/h2-7,12-15H,8-11H2,1H3,(H2,26,28,29,30). The van der Waals surface area contributed by atoms with Crippen molar-refractivity contribution < 1.29 is 9.47 Å². The summed E-state index contributed by atoms with van der Waals surface area (Å²) in [5.41, 5.74) is 3.57. The van der Waals surface area contributed by atoms with Gasteiger partial charge in [0.25, 0.3) is 0 Å². The fourth-order valence-corrected chi connectivity index (χ4v) is 3.94. The van der Waals surface area contributed by atoms with Gasteiger partial charge in [-0.25, -0.2) is 4.98 Å². The Morgan fingerprint density at radius 1 is 0.970 bits per heavy atom. The maximum atomic E-state index is 6.11. The highest BCUT2D eigenvalue weighted by molar-refractivity contribution is 6.31. The van der Waals surface area contributed by atoms with Crippen LogP contribution in [0.1, 0.15) is 0 Å². The number of anilines is 5. The number of nitrogens with zero attached hydrogens (tertiary/aromatic N) is 4. The predicted octanol–water partition coefficient (Wildman–Crippen LogP) is 5.01. The van der Waals surface area contributed by atoms with Crippen molar-refractivity contribution in [2.24, 2.45) is 0 Å². The van der Waals surface area contributed by atoms with E-state index >= 15 is 0 Å². The number of morpholine rings is 1. The zero-order chi connectivity index (χ0) is 22.6. The van der Waals surface area contributed by atoms with E-state index in [1.807, 2.05) is 42.5 Å². The van der Waals surface area contributed by atoms with E-state index in [0.29, 0.717) is 16.8 Å². The molecule has 2 aromatic heterocycles. The average Bonchev–Trinajstić information content (AvgIpc) is 2.84. The van der Waals surface area contributed by atoms with E-state index in [-0.39, 0.29) is 0 Å². The number of benzene rings is 2. The van der Waals surface area contributed by atoms with Crippen molar-refractivity contribution in [2.45, 2.75) is 0 Å². The number of fused-ring (bicyclic) bond motifs is 1. The molecule has 8 nitrogen and oxygen atoms in total. The normalized spacial score (nSPS) is 13.7. The summed E-state index contributed by atoms with van der Waals surface area (Å²) in [5.74, 6) is 1.91. The molecular weight excluding hydrogens is 440 g/mol. The molecule has 1 aliphatic heterocycles. The van der Waals surface area contributed by atoms with Crippen LogP contribution in [0.15, 0.2) is 60.9 Å². The second kappa shape index (κ2) is 9.48. The van der Waals surface area contributed by atoms with Crippen LogP contribution in [0.4, 0.5) is 28.8 Å². The molecule has 0 amide bonds. The molecule has 33 heavy (non-hydrogen) atoms. The second-order valence-electron chi connectivity index (χ2n) is 7.56. The summed E-state index contributed by atoms with van der Waals surface area (Å²) in [5, 5.41) is 8.15. The van der Waals surface area contributed by atoms with E-state index in [4.69, 9.17) is 21.1 Å². The first-order chi connectivity index (χ1) is 16.2. The average molecular weight is 463 g/mol. The Kier molecular flexibility index (Phi) is 6.10. The maximum absolute atomic E-state index is 6.11. The van der Waals surface area contributed by atoms with Crippen LogP contribution >= 0.6 is 11.6 Å². The van der Waals surface area contributed by atoms with E-state index in [2.05, 4.69) is 30.5 Å². The Labute approximate surface area is 196 Å². The van der Waals surface area contributed by atoms with Gasteiger partial charge < -0.3 is 25.0 Å². The molecule has 0 bridgehead atoms. The molecule has 0 saturated carbocycles. The van der Waals surface area contributed by atoms with Crippen LogP contribution in [0.5, 0.6) is 5.75 Å². The molecule has 9 heteroatoms. The lowest BCUT2D eigenvalue weighted by Gasteiger charge is -2.30. The summed E-state index contributed by atoms with van der Waals surface area (Å²) < 4.78 is 11.1. The Morgan fingerprint density at radius 3 is 2.70 bits per heavy atom. The van der Waals surface area contributed by atoms with Gasteiger partial charge in [0.1, 0.15) is 11.6 Å². The van der Waals surface area contributed by atoms with Gasteiger partial charge in [-0.05, 0) is 42.5 Å². The highest BCUT2D eigenvalue weighted by Gasteiger charge is 2.16. The molecule has 1 fully saturated rings. The first-order valence-electron chi connectivity index (χ1n) is 10.6. The minimum absolute atomic E-state index is 0.470. The van der Waals surface area contributed by atoms with Gasteiger partial charge in [0, 0.05) is 41.4 Å². The van der Waals surface area contributed by atoms with Crippen molar-refractivity contribution in [1.82, 2.24) is 15.0 Å². The Hall–Kier alpha value is -3.62. The SMILES string of the molecule is COc1cc(Nc2nccc(Nc3cnc4ccc(Cl)cc4c3)n2)ccc1N1CCOCC1. The fraction of sp³-hybridized carbons (Fsp3) is 0.208. The number of pyridine rings is 1. The molecule has 2 N–H and O–H groups in total. The third-order valence-electron chi connectivity index (χ3n) is 5.36. The number of methoxy groups -OCH3 is 1. The van der Waals surface area contributed by atoms with Gasteiger partial charge in [0.05, 0.1) is 43.4 Å². The second-order valence-corrected chi connectivity index (χ2v) is 8.00. The third kappa shape index (κ3) is 4.92. The number of hydrogen-bond acceptors (Lipinski definition) is 8. The first-order valence-corrected chi connectivity index (χ1v) is 11.0. The van der Waals surface area contributed by atoms with E-state index in [9.17, 15) is 0 Å². The molecule has 0 aliphatic carbocycles. The summed E-state index contributed by atoms with van der Waals surface area (Å²) in [6, 6.07) is 15.4. The van der Waals surface area contributed by atoms with Gasteiger partial charge in [-0.15, -0.1) is 0 Å². The van der Waals surface area contributed by atoms with E-state index in [1.54, 1.807) is 25.6 Å². The first kappa shape index (κ1) is 21.2. The van der Waals surface area contributed by atoms with E-state index in [1.165, 1.54) is 0 Å². The highest BCUT2D eigenvalue weighted by atomic mass is 35.5. The topological polar surface area (TPSA) is 84.4 Å². The molecule has 1 aliphatic rings. The van der Waals surface area contributed by atoms with Crippen LogP contribution in [0, 0.1) is 0 Å². The summed E-state index contributed by atoms with van der Waals surface area (Å²) >= 11 is 6.11. The third-order valence-corrected chi connectivity index (χ3v) is 5.59. The zero-order valence-electron chi connectivity index (χ0n) is 18.1. The summed E-state index contributed by atoms with van der Waals surface area (Å²) in [4.78, 5) is 15.6. The van der Waals surface area contributed by atoms with Crippen LogP contribution < -0.4 is 20.3 Å². The lowest BCUT2D eigenvalue weighted by atomic mass is 10.2. The van der Waals surface area contributed by atoms with E-state index < -0.39 is 0 Å². The monoisotopic (exact) mass is 462 g/mol. The molecular formula is C24H23ClN6O2. The Morgan fingerprint density at radius 2 is 1.85 bits per heavy atom. The summed E-state index contributed by atoms with van der Waals surface area (Å²) in [7, 11) is 1.68. The molecule has 2 aromatic carbocycles. The molecule has 1 saturated heterocycles. The van der Waals surface area contributed by atoms with Crippen molar-refractivity contribution in [3.63, 3.8) is 0 Å². The van der Waals surface area contributed by atoms with Gasteiger partial charge in [0.15, 0.2) is 0 Å². The lowest BCUT2D eigenvalue weighted by Crippen LogP contribution is -2.36. The predicted molar refractivity (Wildman–Crippen MR) is 131 cm³/mol. The largest absolute Gasteiger partial charge is 0.495 e. The van der Waals surface area contributed by atoms with E-state index in [0.717, 1.165) is 60.0 Å². The van der Waals surface area contributed by atoms with Crippen LogP contribution in [0.25, 0.3) is 10.9 Å². The van der Waals surface area contributed by atoms with Gasteiger partial charge >= 0.3 is 0 Å². The molecule has 3 heterocycles. The molecule has 5 rings (SSSR count). The Balaban J connectivity index is 1.33. The zero-order valence-corrected chi connectivity index (χ0v) is 18.8. The smallest absolute Gasteiger partial charge is 0.229 e. The minimum Gasteiger partial charge on any atom is -0.495 e. The lowest BCUT2D eigenvalue weighted by molar-refractivity contribution is 0.122. The quantitative estimate of drug-likeness (QED) is 0.413. The van der Waals surface area contributed by atoms with Crippen molar-refractivity contribution in [3.8, 4) is 5.75 Å². The number of hydrogen-bond donors (Lipinski definition) is 2. The maximum Gasteiger partial charge on any atom is 0.229 e. The van der Waals surface area contributed by atoms with Crippen molar-refractivity contribution >= 4 is 51.3 Å². The van der Waals surface area contributed by atoms with Gasteiger partial charge in [-0.3, -0.25) is 4.98 Å². The summed E-state index contributed by atoms with van der Waals surface area (Å²) in [6.07, 6.45) is 3.46.